The third-order valence-corrected chi connectivity index (χ3v) is 17.8. The number of benzene rings is 1. The summed E-state index contributed by atoms with van der Waals surface area (Å²) in [6.45, 7) is 23.3. The summed E-state index contributed by atoms with van der Waals surface area (Å²) in [5.41, 5.74) is 0.609. The fourth-order valence-corrected chi connectivity index (χ4v) is 6.38. The first-order chi connectivity index (χ1) is 17.7. The largest absolute Gasteiger partial charge is 0.543 e. The summed E-state index contributed by atoms with van der Waals surface area (Å²) in [4.78, 5) is 27.0. The van der Waals surface area contributed by atoms with Crippen LogP contribution in [0.2, 0.25) is 41.3 Å². The maximum absolute atomic E-state index is 13.8. The lowest BCUT2D eigenvalue weighted by Gasteiger charge is -2.39. The van der Waals surface area contributed by atoms with Crippen molar-refractivity contribution in [2.45, 2.75) is 129 Å². The molecule has 1 aromatic carbocycles. The summed E-state index contributed by atoms with van der Waals surface area (Å²) in [5.74, 6) is 0.130. The van der Waals surface area contributed by atoms with Gasteiger partial charge in [-0.25, -0.2) is 4.79 Å². The van der Waals surface area contributed by atoms with E-state index in [1.807, 2.05) is 13.0 Å². The predicted molar refractivity (Wildman–Crippen MR) is 162 cm³/mol. The minimum Gasteiger partial charge on any atom is -0.543 e. The highest BCUT2D eigenvalue weighted by Gasteiger charge is 2.43. The fourth-order valence-electron chi connectivity index (χ4n) is 4.03. The maximum Gasteiger partial charge on any atom is 0.342 e. The average molecular weight is 595 g/mol. The van der Waals surface area contributed by atoms with Crippen LogP contribution in [0.4, 0.5) is 0 Å². The molecular weight excluding hydrogens is 548 g/mol. The van der Waals surface area contributed by atoms with Gasteiger partial charge in [0.15, 0.2) is 5.78 Å². The van der Waals surface area contributed by atoms with Gasteiger partial charge in [0.05, 0.1) is 17.2 Å². The molecule has 2 aliphatic rings. The topological polar surface area (TPSA) is 74.4 Å². The van der Waals surface area contributed by atoms with E-state index < -0.39 is 22.6 Å². The molecule has 0 saturated carbocycles. The first-order valence-corrected chi connectivity index (χ1v) is 20.2. The van der Waals surface area contributed by atoms with Crippen LogP contribution in [-0.2, 0) is 20.7 Å². The van der Waals surface area contributed by atoms with E-state index in [0.717, 1.165) is 12.8 Å². The number of esters is 1. The molecule has 1 saturated heterocycles. The maximum atomic E-state index is 13.8. The predicted octanol–water partition coefficient (Wildman–Crippen LogP) is 8.27. The zero-order valence-corrected chi connectivity index (χ0v) is 28.4. The number of halogens is 1. The lowest BCUT2D eigenvalue weighted by Crippen LogP contribution is -2.45. The number of hydrogen-bond acceptors (Lipinski definition) is 6. The number of allylic oxidation sites excluding steroid dienone is 2. The van der Waals surface area contributed by atoms with Gasteiger partial charge < -0.3 is 18.3 Å². The number of ether oxygens (including phenoxy) is 2. The van der Waals surface area contributed by atoms with Crippen LogP contribution in [0.25, 0.3) is 0 Å². The molecule has 1 aromatic rings. The second-order valence-electron chi connectivity index (χ2n) is 14.1. The Balaban J connectivity index is 2.22. The molecule has 2 heterocycles. The quantitative estimate of drug-likeness (QED) is 0.198. The highest BCUT2D eigenvalue weighted by molar-refractivity contribution is 6.75. The van der Waals surface area contributed by atoms with E-state index in [2.05, 4.69) is 67.7 Å². The Morgan fingerprint density at radius 3 is 2.05 bits per heavy atom. The van der Waals surface area contributed by atoms with Gasteiger partial charge in [0.1, 0.15) is 23.2 Å². The van der Waals surface area contributed by atoms with Gasteiger partial charge in [0.2, 0.25) is 0 Å². The van der Waals surface area contributed by atoms with Crippen LogP contribution in [0.1, 0.15) is 83.7 Å². The fraction of sp³-hybridized carbons (Fsp3) is 0.667. The Kier molecular flexibility index (Phi) is 9.28. The number of rotatable bonds is 4. The Hall–Kier alpha value is -1.62. The lowest BCUT2D eigenvalue weighted by atomic mass is 9.99. The number of cyclic esters (lactones) is 1. The molecule has 0 spiro atoms. The molecule has 218 valence electrons. The van der Waals surface area contributed by atoms with Crippen molar-refractivity contribution in [3.63, 3.8) is 0 Å². The molecule has 2 aliphatic heterocycles. The molecule has 0 amide bonds. The highest BCUT2D eigenvalue weighted by atomic mass is 35.5. The van der Waals surface area contributed by atoms with Crippen LogP contribution >= 0.6 is 11.6 Å². The van der Waals surface area contributed by atoms with E-state index in [0.29, 0.717) is 23.5 Å². The van der Waals surface area contributed by atoms with Crippen LogP contribution < -0.4 is 8.85 Å². The van der Waals surface area contributed by atoms with Crippen molar-refractivity contribution < 1.29 is 27.9 Å². The van der Waals surface area contributed by atoms with Gasteiger partial charge in [-0.2, -0.15) is 0 Å². The van der Waals surface area contributed by atoms with Gasteiger partial charge in [0, 0.05) is 24.5 Å². The summed E-state index contributed by atoms with van der Waals surface area (Å²) in [6.07, 6.45) is 5.44. The number of carbonyl (C=O) groups excluding carboxylic acids is 2. The van der Waals surface area contributed by atoms with Crippen molar-refractivity contribution in [3.8, 4) is 11.5 Å². The van der Waals surface area contributed by atoms with Crippen LogP contribution in [-0.4, -0.2) is 46.7 Å². The zero-order valence-electron chi connectivity index (χ0n) is 25.6. The van der Waals surface area contributed by atoms with E-state index in [-0.39, 0.29) is 51.2 Å². The zero-order chi connectivity index (χ0) is 29.6. The average Bonchev–Trinajstić information content (AvgIpc) is 3.49. The summed E-state index contributed by atoms with van der Waals surface area (Å²) < 4.78 is 25.1. The molecule has 3 rings (SSSR count). The van der Waals surface area contributed by atoms with E-state index >= 15 is 0 Å². The normalized spacial score (nSPS) is 24.2. The standard InChI is InChI=1S/C30H47ClO6Si2/c1-19-16-23-22(35-23)15-13-12-14-20(32)17-21-26(28(33)34-19)24(36-38(8,9)29(2,3)4)18-25(27(21)31)37-39(10,11)30(5,6)7/h12,14,18-19,22-23H,13,15-17H2,1-11H3/b14-12+/t19-,22-,23+/m1/s1. The lowest BCUT2D eigenvalue weighted by molar-refractivity contribution is -0.114. The number of hydrogen-bond donors (Lipinski definition) is 0. The van der Waals surface area contributed by atoms with E-state index in [1.165, 1.54) is 0 Å². The van der Waals surface area contributed by atoms with Gasteiger partial charge in [-0.05, 0) is 62.1 Å². The smallest absolute Gasteiger partial charge is 0.342 e. The molecule has 0 aromatic heterocycles. The van der Waals surface area contributed by atoms with Crippen molar-refractivity contribution in [2.24, 2.45) is 0 Å². The second-order valence-corrected chi connectivity index (χ2v) is 23.9. The third kappa shape index (κ3) is 7.57. The molecule has 0 bridgehead atoms. The number of fused-ring (bicyclic) bond motifs is 2. The van der Waals surface area contributed by atoms with Crippen molar-refractivity contribution in [1.82, 2.24) is 0 Å². The molecule has 9 heteroatoms. The Bertz CT molecular complexity index is 1130. The SMILES string of the molecule is C[C@@H]1C[C@@H]2O[C@@H]2CC/C=C/C(=O)Cc2c(Cl)c(O[Si](C)(C)C(C)(C)C)cc(O[Si](C)(C)C(C)(C)C)c2C(=O)O1. The monoisotopic (exact) mass is 594 g/mol. The van der Waals surface area contributed by atoms with Crippen LogP contribution in [0.5, 0.6) is 11.5 Å². The third-order valence-electron chi connectivity index (χ3n) is 8.67. The van der Waals surface area contributed by atoms with Gasteiger partial charge in [-0.1, -0.05) is 59.2 Å². The molecule has 3 atom stereocenters. The van der Waals surface area contributed by atoms with Crippen molar-refractivity contribution in [3.05, 3.63) is 34.4 Å². The van der Waals surface area contributed by atoms with Crippen molar-refractivity contribution in [1.29, 1.82) is 0 Å². The van der Waals surface area contributed by atoms with Crippen LogP contribution in [0, 0.1) is 0 Å². The molecule has 6 nitrogen and oxygen atoms in total. The van der Waals surface area contributed by atoms with E-state index in [4.69, 9.17) is 29.9 Å². The second kappa shape index (κ2) is 11.3. The first kappa shape index (κ1) is 31.9. The Morgan fingerprint density at radius 1 is 0.923 bits per heavy atom. The minimum atomic E-state index is -2.41. The van der Waals surface area contributed by atoms with Gasteiger partial charge in [-0.15, -0.1) is 0 Å². The summed E-state index contributed by atoms with van der Waals surface area (Å²) in [6, 6.07) is 1.75. The molecule has 1 fully saturated rings. The van der Waals surface area contributed by atoms with Crippen molar-refractivity contribution in [2.75, 3.05) is 0 Å². The van der Waals surface area contributed by atoms with Crippen LogP contribution in [0.15, 0.2) is 18.2 Å². The summed E-state index contributed by atoms with van der Waals surface area (Å²) in [7, 11) is -4.72. The summed E-state index contributed by atoms with van der Waals surface area (Å²) >= 11 is 7.01. The van der Waals surface area contributed by atoms with E-state index in [1.54, 1.807) is 12.1 Å². The minimum absolute atomic E-state index is 0.0563. The molecule has 0 unspecified atom stereocenters. The number of epoxide rings is 1. The highest BCUT2D eigenvalue weighted by Crippen LogP contribution is 2.46. The van der Waals surface area contributed by atoms with E-state index in [9.17, 15) is 9.59 Å². The number of carbonyl (C=O) groups is 2. The Morgan fingerprint density at radius 2 is 1.49 bits per heavy atom. The molecule has 0 N–H and O–H groups in total. The molecule has 0 radical (unpaired) electrons. The Labute approximate surface area is 242 Å². The molecular formula is C30H47ClO6Si2. The van der Waals surface area contributed by atoms with Gasteiger partial charge in [0.25, 0.3) is 16.6 Å². The van der Waals surface area contributed by atoms with Crippen molar-refractivity contribution >= 4 is 40.0 Å². The van der Waals surface area contributed by atoms with Gasteiger partial charge >= 0.3 is 5.97 Å². The molecule has 0 aliphatic carbocycles. The number of ketones is 1. The first-order valence-electron chi connectivity index (χ1n) is 14.0. The molecule has 39 heavy (non-hydrogen) atoms. The van der Waals surface area contributed by atoms with Crippen LogP contribution in [0.3, 0.4) is 0 Å². The van der Waals surface area contributed by atoms with Gasteiger partial charge in [-0.3, -0.25) is 4.79 Å². The summed E-state index contributed by atoms with van der Waals surface area (Å²) in [5, 5.41) is 0.0516.